The van der Waals surface area contributed by atoms with Gasteiger partial charge in [-0.25, -0.2) is 22.9 Å². The van der Waals surface area contributed by atoms with Crippen LogP contribution in [0.5, 0.6) is 0 Å². The third-order valence-corrected chi connectivity index (χ3v) is 11.0. The van der Waals surface area contributed by atoms with Crippen LogP contribution < -0.4 is 20.7 Å². The van der Waals surface area contributed by atoms with Crippen LogP contribution in [-0.4, -0.2) is 42.0 Å². The van der Waals surface area contributed by atoms with E-state index >= 15 is 0 Å². The fraction of sp³-hybridized carbons (Fsp3) is 0.361. The number of benzene rings is 3. The molecule has 3 aliphatic rings. The van der Waals surface area contributed by atoms with Gasteiger partial charge in [0.25, 0.3) is 0 Å². The topological polar surface area (TPSA) is 141 Å². The Morgan fingerprint density at radius 1 is 0.957 bits per heavy atom. The summed E-state index contributed by atoms with van der Waals surface area (Å²) < 4.78 is 30.6. The van der Waals surface area contributed by atoms with Crippen molar-refractivity contribution in [3.8, 4) is 0 Å². The first-order valence-corrected chi connectivity index (χ1v) is 18.0. The Morgan fingerprint density at radius 3 is 2.51 bits per heavy atom. The predicted molar refractivity (Wildman–Crippen MR) is 183 cm³/mol. The minimum atomic E-state index is -3.86. The summed E-state index contributed by atoms with van der Waals surface area (Å²) in [5, 5.41) is 11.4. The first-order chi connectivity index (χ1) is 22.7. The number of anilines is 1. The van der Waals surface area contributed by atoms with Gasteiger partial charge < -0.3 is 20.9 Å². The number of hydrogen-bond donors (Lipinski definition) is 5. The summed E-state index contributed by atoms with van der Waals surface area (Å²) in [6, 6.07) is 20.9. The van der Waals surface area contributed by atoms with Crippen LogP contribution in [0.3, 0.4) is 0 Å². The maximum atomic E-state index is 13.9. The van der Waals surface area contributed by atoms with Crippen molar-refractivity contribution in [1.82, 2.24) is 30.3 Å². The number of carbonyl (C=O) groups is 1. The number of urea groups is 1. The van der Waals surface area contributed by atoms with Crippen molar-refractivity contribution in [3.05, 3.63) is 95.3 Å². The van der Waals surface area contributed by atoms with Gasteiger partial charge in [-0.2, -0.15) is 0 Å². The second-order valence-electron chi connectivity index (χ2n) is 13.6. The standard InChI is InChI=1S/C36H39N7O3S/c1-20(2)18-38-47(45,46)33-16-25-31(43-36(44)42-30-14-23(30)21-8-4-3-5-9-21)17-32(41-35-39-27-10-6-7-11-28(27)40-35)34(25)26-19-37-29(15-24(26)33)22-12-13-22/h3-11,15-16,19-20,22-23,30-32,38H,12-14,17-18H2,1-2H3,(H2,39,40,41)(H2,42,43,44). The monoisotopic (exact) mass is 649 g/mol. The Hall–Kier alpha value is -4.48. The third kappa shape index (κ3) is 5.94. The predicted octanol–water partition coefficient (Wildman–Crippen LogP) is 6.38. The lowest BCUT2D eigenvalue weighted by Crippen LogP contribution is -2.39. The van der Waals surface area contributed by atoms with Crippen molar-refractivity contribution in [1.29, 1.82) is 0 Å². The number of hydrogen-bond acceptors (Lipinski definition) is 6. The molecule has 0 radical (unpaired) electrons. The molecule has 0 bridgehead atoms. The lowest BCUT2D eigenvalue weighted by Gasteiger charge is -2.19. The van der Waals surface area contributed by atoms with E-state index in [2.05, 4.69) is 37.8 Å². The Kier molecular flexibility index (Phi) is 7.40. The van der Waals surface area contributed by atoms with Crippen molar-refractivity contribution in [2.45, 2.75) is 74.4 Å². The van der Waals surface area contributed by atoms with Gasteiger partial charge in [-0.05, 0) is 72.6 Å². The number of amides is 2. The molecule has 3 aliphatic carbocycles. The molecule has 2 fully saturated rings. The Bertz CT molecular complexity index is 2060. The lowest BCUT2D eigenvalue weighted by molar-refractivity contribution is 0.236. The summed E-state index contributed by atoms with van der Waals surface area (Å²) in [6.07, 6.45) is 5.34. The van der Waals surface area contributed by atoms with Crippen LogP contribution in [0, 0.1) is 5.92 Å². The molecule has 0 saturated heterocycles. The van der Waals surface area contributed by atoms with E-state index in [1.54, 1.807) is 6.07 Å². The van der Waals surface area contributed by atoms with E-state index in [4.69, 9.17) is 9.97 Å². The van der Waals surface area contributed by atoms with E-state index in [1.165, 1.54) is 5.56 Å². The van der Waals surface area contributed by atoms with E-state index < -0.39 is 16.1 Å². The number of aromatic amines is 1. The maximum absolute atomic E-state index is 13.9. The van der Waals surface area contributed by atoms with E-state index in [9.17, 15) is 13.2 Å². The third-order valence-electron chi connectivity index (χ3n) is 9.58. The highest BCUT2D eigenvalue weighted by Crippen LogP contribution is 2.48. The van der Waals surface area contributed by atoms with Crippen LogP contribution >= 0.6 is 0 Å². The summed E-state index contributed by atoms with van der Waals surface area (Å²) in [5.41, 5.74) is 5.59. The fourth-order valence-corrected chi connectivity index (χ4v) is 8.37. The molecule has 2 amide bonds. The average molecular weight is 650 g/mol. The summed E-state index contributed by atoms with van der Waals surface area (Å²) in [5.74, 6) is 1.41. The molecule has 5 N–H and O–H groups in total. The number of nitrogens with zero attached hydrogens (tertiary/aromatic N) is 2. The molecule has 11 heteroatoms. The average Bonchev–Trinajstić information content (AvgIpc) is 3.98. The zero-order valence-electron chi connectivity index (χ0n) is 26.5. The molecule has 5 aromatic rings. The van der Waals surface area contributed by atoms with Gasteiger partial charge in [0.1, 0.15) is 0 Å². The van der Waals surface area contributed by atoms with E-state index in [0.29, 0.717) is 36.1 Å². The number of imidazole rings is 1. The molecule has 2 aromatic heterocycles. The molecule has 47 heavy (non-hydrogen) atoms. The molecule has 242 valence electrons. The van der Waals surface area contributed by atoms with E-state index in [0.717, 1.165) is 52.5 Å². The van der Waals surface area contributed by atoms with Gasteiger partial charge >= 0.3 is 6.03 Å². The van der Waals surface area contributed by atoms with Gasteiger partial charge in [-0.15, -0.1) is 0 Å². The SMILES string of the molecule is CC(C)CNS(=O)(=O)c1cc2c(c3cnc(C4CC4)cc13)C(Nc1nc3ccccc3[nH]1)CC2NC(=O)NC1CC1c1ccccc1. The summed E-state index contributed by atoms with van der Waals surface area (Å²) in [6.45, 7) is 4.28. The van der Waals surface area contributed by atoms with Crippen molar-refractivity contribution in [3.63, 3.8) is 0 Å². The van der Waals surface area contributed by atoms with Crippen molar-refractivity contribution in [2.75, 3.05) is 11.9 Å². The molecule has 2 saturated carbocycles. The Labute approximate surface area is 274 Å². The van der Waals surface area contributed by atoms with Gasteiger partial charge in [0, 0.05) is 47.1 Å². The van der Waals surface area contributed by atoms with Gasteiger partial charge in [-0.3, -0.25) is 4.98 Å². The second-order valence-corrected chi connectivity index (χ2v) is 15.4. The summed E-state index contributed by atoms with van der Waals surface area (Å²) >= 11 is 0. The number of rotatable bonds is 10. The Morgan fingerprint density at radius 2 is 1.74 bits per heavy atom. The van der Waals surface area contributed by atoms with Crippen LogP contribution in [0.1, 0.15) is 85.8 Å². The first kappa shape index (κ1) is 29.9. The highest BCUT2D eigenvalue weighted by atomic mass is 32.2. The largest absolute Gasteiger partial charge is 0.349 e. The molecule has 3 aromatic carbocycles. The number of sulfonamides is 1. The van der Waals surface area contributed by atoms with Gasteiger partial charge in [-0.1, -0.05) is 56.3 Å². The molecular weight excluding hydrogens is 611 g/mol. The molecule has 4 atom stereocenters. The summed E-state index contributed by atoms with van der Waals surface area (Å²) in [4.78, 5) is 26.6. The van der Waals surface area contributed by atoms with Gasteiger partial charge in [0.15, 0.2) is 0 Å². The number of para-hydroxylation sites is 2. The number of carbonyl (C=O) groups excluding carboxylic acids is 1. The molecule has 4 unspecified atom stereocenters. The van der Waals surface area contributed by atoms with Crippen molar-refractivity contribution >= 4 is 43.8 Å². The van der Waals surface area contributed by atoms with E-state index in [1.807, 2.05) is 68.6 Å². The normalized spacial score (nSPS) is 22.0. The minimum absolute atomic E-state index is 0.0561. The van der Waals surface area contributed by atoms with Crippen molar-refractivity contribution in [2.24, 2.45) is 5.92 Å². The van der Waals surface area contributed by atoms with Crippen LogP contribution in [0.2, 0.25) is 0 Å². The molecule has 0 aliphatic heterocycles. The lowest BCUT2D eigenvalue weighted by atomic mass is 9.98. The molecule has 2 heterocycles. The minimum Gasteiger partial charge on any atom is -0.349 e. The molecule has 0 spiro atoms. The second kappa shape index (κ2) is 11.6. The Balaban J connectivity index is 1.17. The maximum Gasteiger partial charge on any atom is 0.315 e. The molecule has 8 rings (SSSR count). The number of fused-ring (bicyclic) bond motifs is 4. The number of nitrogens with one attached hydrogen (secondary N) is 5. The highest BCUT2D eigenvalue weighted by molar-refractivity contribution is 7.89. The van der Waals surface area contributed by atoms with Crippen LogP contribution in [0.25, 0.3) is 21.8 Å². The van der Waals surface area contributed by atoms with Crippen molar-refractivity contribution < 1.29 is 13.2 Å². The smallest absolute Gasteiger partial charge is 0.315 e. The van der Waals surface area contributed by atoms with Gasteiger partial charge in [0.05, 0.1) is 28.0 Å². The number of aromatic nitrogens is 3. The zero-order chi connectivity index (χ0) is 32.3. The zero-order valence-corrected chi connectivity index (χ0v) is 27.3. The quantitative estimate of drug-likeness (QED) is 0.119. The first-order valence-electron chi connectivity index (χ1n) is 16.5. The van der Waals surface area contributed by atoms with Crippen LogP contribution in [0.4, 0.5) is 10.7 Å². The summed E-state index contributed by atoms with van der Waals surface area (Å²) in [7, 11) is -3.86. The number of H-pyrrole nitrogens is 1. The van der Waals surface area contributed by atoms with Crippen LogP contribution in [0.15, 0.2) is 77.8 Å². The fourth-order valence-electron chi connectivity index (χ4n) is 6.92. The molecule has 10 nitrogen and oxygen atoms in total. The van der Waals surface area contributed by atoms with Crippen LogP contribution in [-0.2, 0) is 10.0 Å². The van der Waals surface area contributed by atoms with Gasteiger partial charge in [0.2, 0.25) is 16.0 Å². The highest BCUT2D eigenvalue weighted by Gasteiger charge is 2.41. The van der Waals surface area contributed by atoms with E-state index in [-0.39, 0.29) is 28.9 Å². The molecular formula is C36H39N7O3S. The number of pyridine rings is 1.